The molecular formula is C39H51N5O5S. The molecule has 0 bridgehead atoms. The minimum absolute atomic E-state index is 0.454. The maximum absolute atomic E-state index is 6.23. The van der Waals surface area contributed by atoms with Crippen LogP contribution in [0.5, 0.6) is 28.7 Å². The van der Waals surface area contributed by atoms with Crippen LogP contribution in [-0.2, 0) is 0 Å². The van der Waals surface area contributed by atoms with Gasteiger partial charge in [0, 0.05) is 26.2 Å². The summed E-state index contributed by atoms with van der Waals surface area (Å²) in [4.78, 5) is 0. The summed E-state index contributed by atoms with van der Waals surface area (Å²) >= 11 is 1.77. The summed E-state index contributed by atoms with van der Waals surface area (Å²) < 4.78 is 33.2. The van der Waals surface area contributed by atoms with E-state index in [0.717, 1.165) is 59.4 Å². The summed E-state index contributed by atoms with van der Waals surface area (Å²) in [6.07, 6.45) is 3.69. The first kappa shape index (κ1) is 37.2. The molecule has 4 aromatic carbocycles. The van der Waals surface area contributed by atoms with Crippen LogP contribution in [0.3, 0.4) is 0 Å². The third-order valence-electron chi connectivity index (χ3n) is 8.08. The van der Waals surface area contributed by atoms with Gasteiger partial charge >= 0.3 is 0 Å². The number of fused-ring (bicyclic) bond motifs is 3. The Balaban J connectivity index is 1.55. The first-order chi connectivity index (χ1) is 24.6. The lowest BCUT2D eigenvalue weighted by Crippen LogP contribution is -2.11. The molecule has 0 amide bonds. The van der Waals surface area contributed by atoms with Crippen LogP contribution in [0.2, 0.25) is 0 Å². The van der Waals surface area contributed by atoms with E-state index in [1.54, 1.807) is 11.3 Å². The smallest absolute Gasteiger partial charge is 0.203 e. The van der Waals surface area contributed by atoms with E-state index in [-0.39, 0.29) is 0 Å². The van der Waals surface area contributed by atoms with Crippen molar-refractivity contribution in [2.75, 3.05) is 65.8 Å². The highest BCUT2D eigenvalue weighted by molar-refractivity contribution is 7.25. The molecule has 11 heteroatoms. The molecule has 0 saturated carbocycles. The van der Waals surface area contributed by atoms with Gasteiger partial charge in [0.15, 0.2) is 11.5 Å². The SMILES string of the molecule is NCCCOc1cc(OCCCN)cc(-c2ccc3sc4ccc(-c5cc(OCCCN)c(OCCCN)c(OCCCN)c5)cc4c3c2)c1. The second-order valence-electron chi connectivity index (χ2n) is 12.0. The third kappa shape index (κ3) is 9.78. The van der Waals surface area contributed by atoms with Crippen molar-refractivity contribution in [3.8, 4) is 51.0 Å². The van der Waals surface area contributed by atoms with Crippen molar-refractivity contribution in [2.45, 2.75) is 32.1 Å². The van der Waals surface area contributed by atoms with E-state index in [1.807, 2.05) is 18.2 Å². The van der Waals surface area contributed by atoms with Crippen LogP contribution in [-0.4, -0.2) is 65.8 Å². The summed E-state index contributed by atoms with van der Waals surface area (Å²) in [7, 11) is 0. The van der Waals surface area contributed by atoms with Gasteiger partial charge in [-0.2, -0.15) is 0 Å². The first-order valence-electron chi connectivity index (χ1n) is 17.5. The number of thiophene rings is 1. The Hall–Kier alpha value is -4.10. The van der Waals surface area contributed by atoms with Crippen molar-refractivity contribution in [2.24, 2.45) is 28.7 Å². The molecule has 0 saturated heterocycles. The maximum atomic E-state index is 6.23. The van der Waals surface area contributed by atoms with Crippen LogP contribution < -0.4 is 52.4 Å². The van der Waals surface area contributed by atoms with Crippen molar-refractivity contribution >= 4 is 31.5 Å². The second kappa shape index (κ2) is 19.3. The Morgan fingerprint density at radius 2 is 0.800 bits per heavy atom. The van der Waals surface area contributed by atoms with E-state index in [2.05, 4.69) is 48.5 Å². The summed E-state index contributed by atoms with van der Waals surface area (Å²) in [5.74, 6) is 3.31. The van der Waals surface area contributed by atoms with E-state index < -0.39 is 0 Å². The molecule has 0 radical (unpaired) electrons. The fourth-order valence-electron chi connectivity index (χ4n) is 5.48. The molecule has 0 aliphatic heterocycles. The Bertz CT molecular complexity index is 1750. The predicted octanol–water partition coefficient (Wildman–Crippen LogP) is 6.03. The van der Waals surface area contributed by atoms with Crippen molar-refractivity contribution in [1.29, 1.82) is 0 Å². The molecule has 0 atom stereocenters. The van der Waals surface area contributed by atoms with E-state index in [4.69, 9.17) is 52.4 Å². The molecule has 50 heavy (non-hydrogen) atoms. The minimum Gasteiger partial charge on any atom is -0.493 e. The molecule has 1 aromatic heterocycles. The lowest BCUT2D eigenvalue weighted by Gasteiger charge is -2.19. The van der Waals surface area contributed by atoms with Gasteiger partial charge in [0.2, 0.25) is 5.75 Å². The fourth-order valence-corrected chi connectivity index (χ4v) is 6.54. The van der Waals surface area contributed by atoms with Crippen LogP contribution in [0.15, 0.2) is 66.7 Å². The van der Waals surface area contributed by atoms with Gasteiger partial charge in [-0.05, 0) is 136 Å². The highest BCUT2D eigenvalue weighted by Gasteiger charge is 2.18. The van der Waals surface area contributed by atoms with Gasteiger partial charge in [0.05, 0.1) is 33.0 Å². The number of nitrogens with two attached hydrogens (primary N) is 5. The largest absolute Gasteiger partial charge is 0.493 e. The minimum atomic E-state index is 0.454. The Morgan fingerprint density at radius 1 is 0.400 bits per heavy atom. The summed E-state index contributed by atoms with van der Waals surface area (Å²) in [6.45, 7) is 5.19. The first-order valence-corrected chi connectivity index (χ1v) is 18.3. The molecule has 5 aromatic rings. The average molecular weight is 702 g/mol. The molecule has 0 aliphatic carbocycles. The van der Waals surface area contributed by atoms with Gasteiger partial charge in [-0.15, -0.1) is 11.3 Å². The zero-order chi connectivity index (χ0) is 35.1. The molecule has 10 nitrogen and oxygen atoms in total. The zero-order valence-corrected chi connectivity index (χ0v) is 29.6. The standard InChI is InChI=1S/C39H51N5O5S/c40-10-1-15-45-31-20-29(21-32(26-31)46-16-2-11-41)27-6-8-37-33(22-27)34-23-28(7-9-38(34)50-37)30-24-35(47-17-3-12-42)39(49-19-5-14-44)36(25-30)48-18-4-13-43/h6-9,20-26H,1-5,10-19,40-44H2. The van der Waals surface area contributed by atoms with Crippen LogP contribution in [0.4, 0.5) is 0 Å². The molecule has 0 fully saturated rings. The second-order valence-corrected chi connectivity index (χ2v) is 13.1. The Kier molecular flexibility index (Phi) is 14.4. The predicted molar refractivity (Wildman–Crippen MR) is 206 cm³/mol. The van der Waals surface area contributed by atoms with Crippen LogP contribution in [0, 0.1) is 0 Å². The summed E-state index contributed by atoms with van der Waals surface area (Å²) in [5, 5.41) is 2.34. The van der Waals surface area contributed by atoms with Crippen molar-refractivity contribution < 1.29 is 23.7 Å². The van der Waals surface area contributed by atoms with E-state index in [0.29, 0.717) is 89.4 Å². The van der Waals surface area contributed by atoms with Crippen molar-refractivity contribution in [1.82, 2.24) is 0 Å². The molecular weight excluding hydrogens is 651 g/mol. The van der Waals surface area contributed by atoms with Gasteiger partial charge in [-0.3, -0.25) is 0 Å². The van der Waals surface area contributed by atoms with Crippen LogP contribution in [0.1, 0.15) is 32.1 Å². The van der Waals surface area contributed by atoms with Crippen LogP contribution >= 0.6 is 11.3 Å². The van der Waals surface area contributed by atoms with Crippen LogP contribution in [0.25, 0.3) is 42.4 Å². The fraction of sp³-hybridized carbons (Fsp3) is 0.385. The summed E-state index contributed by atoms with van der Waals surface area (Å²) in [6, 6.07) is 23.2. The van der Waals surface area contributed by atoms with Gasteiger partial charge in [-0.25, -0.2) is 0 Å². The average Bonchev–Trinajstić information content (AvgIpc) is 3.50. The third-order valence-corrected chi connectivity index (χ3v) is 9.23. The highest BCUT2D eigenvalue weighted by Crippen LogP contribution is 2.44. The molecule has 0 unspecified atom stereocenters. The van der Waals surface area contributed by atoms with Gasteiger partial charge in [0.25, 0.3) is 0 Å². The molecule has 5 rings (SSSR count). The maximum Gasteiger partial charge on any atom is 0.203 e. The summed E-state index contributed by atoms with van der Waals surface area (Å²) in [5.41, 5.74) is 32.8. The molecule has 1 heterocycles. The monoisotopic (exact) mass is 701 g/mol. The molecule has 10 N–H and O–H groups in total. The Labute approximate surface area is 298 Å². The number of ether oxygens (including phenoxy) is 5. The Morgan fingerprint density at radius 3 is 1.24 bits per heavy atom. The van der Waals surface area contributed by atoms with E-state index in [1.165, 1.54) is 20.2 Å². The van der Waals surface area contributed by atoms with E-state index in [9.17, 15) is 0 Å². The zero-order valence-electron chi connectivity index (χ0n) is 28.8. The molecule has 268 valence electrons. The lowest BCUT2D eigenvalue weighted by molar-refractivity contribution is 0.240. The molecule has 0 spiro atoms. The number of rotatable bonds is 22. The van der Waals surface area contributed by atoms with Gasteiger partial charge in [0.1, 0.15) is 11.5 Å². The quantitative estimate of drug-likeness (QED) is 0.0536. The molecule has 0 aliphatic rings. The van der Waals surface area contributed by atoms with E-state index >= 15 is 0 Å². The number of hydrogen-bond acceptors (Lipinski definition) is 11. The lowest BCUT2D eigenvalue weighted by atomic mass is 9.99. The highest BCUT2D eigenvalue weighted by atomic mass is 32.1. The van der Waals surface area contributed by atoms with Crippen molar-refractivity contribution in [3.05, 3.63) is 66.7 Å². The van der Waals surface area contributed by atoms with Gasteiger partial charge < -0.3 is 52.4 Å². The number of hydrogen-bond donors (Lipinski definition) is 5. The van der Waals surface area contributed by atoms with Gasteiger partial charge in [-0.1, -0.05) is 12.1 Å². The number of benzene rings is 4. The normalized spacial score (nSPS) is 11.3. The topological polar surface area (TPSA) is 176 Å². The van der Waals surface area contributed by atoms with Crippen molar-refractivity contribution in [3.63, 3.8) is 0 Å².